The number of carboxylic acid groups (broad SMARTS) is 1. The van der Waals surface area contributed by atoms with Gasteiger partial charge in [-0.1, -0.05) is 25.1 Å². The van der Waals surface area contributed by atoms with Gasteiger partial charge in [0.25, 0.3) is 5.91 Å². The molecule has 15 nitrogen and oxygen atoms in total. The number of nitrogens with one attached hydrogen (secondary N) is 3. The lowest BCUT2D eigenvalue weighted by Crippen LogP contribution is -2.66. The molecule has 0 radical (unpaired) electrons. The Kier molecular flexibility index (Phi) is 13.3. The zero-order chi connectivity index (χ0) is 31.6. The minimum atomic E-state index is -1.69. The number of hydrogen-bond donors (Lipinski definition) is 8. The maximum absolute atomic E-state index is 13.0. The molecule has 0 aromatic heterocycles. The molecule has 0 aliphatic carbocycles. The fraction of sp³-hybridized carbons (Fsp3) is 0.593. The number of ether oxygens (including phenoxy) is 2. The van der Waals surface area contributed by atoms with Crippen LogP contribution >= 0.6 is 0 Å². The van der Waals surface area contributed by atoms with Crippen LogP contribution in [0.1, 0.15) is 50.4 Å². The number of carbonyl (C=O) groups excluding carboxylic acids is 4. The standard InChI is InChI=1S/C27H40N4O11/c1-4-16(26(39)30-17(23(28)36)10-11-19(33)34)13(2)29-24(37)14(3)41-22-20(27(40)42-18(12-32)21(22)35)31-25(38)15-8-6-5-7-9-15/h5-9,13-14,16-18,20-22,27,32,35,40H,4,10-12H2,1-3H3,(H2,28,36)(H,29,37)(H,30,39)(H,31,38)(H,33,34)/t13?,14?,16?,17?,18-,20-,21-,22-,27-/m1/s1. The molecule has 4 unspecified atom stereocenters. The largest absolute Gasteiger partial charge is 0.481 e. The maximum Gasteiger partial charge on any atom is 0.303 e. The summed E-state index contributed by atoms with van der Waals surface area (Å²) in [6.45, 7) is 3.91. The second-order valence-corrected chi connectivity index (χ2v) is 10.1. The summed E-state index contributed by atoms with van der Waals surface area (Å²) < 4.78 is 11.0. The highest BCUT2D eigenvalue weighted by molar-refractivity contribution is 5.94. The average Bonchev–Trinajstić information content (AvgIpc) is 2.94. The van der Waals surface area contributed by atoms with Crippen LogP contribution in [0, 0.1) is 5.92 Å². The number of primary amides is 1. The molecule has 1 aromatic rings. The second-order valence-electron chi connectivity index (χ2n) is 10.1. The van der Waals surface area contributed by atoms with Crippen LogP contribution in [-0.4, -0.2) is 105 Å². The zero-order valence-electron chi connectivity index (χ0n) is 23.6. The van der Waals surface area contributed by atoms with Crippen molar-refractivity contribution in [3.63, 3.8) is 0 Å². The van der Waals surface area contributed by atoms with E-state index in [9.17, 15) is 39.3 Å². The number of rotatable bonds is 15. The molecule has 4 amide bonds. The summed E-state index contributed by atoms with van der Waals surface area (Å²) in [5.41, 5.74) is 5.55. The Balaban J connectivity index is 2.11. The van der Waals surface area contributed by atoms with Crippen LogP contribution in [0.25, 0.3) is 0 Å². The molecule has 1 aromatic carbocycles. The number of aliphatic carboxylic acids is 1. The highest BCUT2D eigenvalue weighted by atomic mass is 16.6. The smallest absolute Gasteiger partial charge is 0.303 e. The van der Waals surface area contributed by atoms with Gasteiger partial charge < -0.3 is 51.6 Å². The van der Waals surface area contributed by atoms with Gasteiger partial charge in [0.05, 0.1) is 12.5 Å². The first kappa shape index (κ1) is 34.6. The van der Waals surface area contributed by atoms with Crippen LogP contribution < -0.4 is 21.7 Å². The van der Waals surface area contributed by atoms with Crippen LogP contribution in [0.15, 0.2) is 30.3 Å². The van der Waals surface area contributed by atoms with Crippen LogP contribution in [0.3, 0.4) is 0 Å². The number of hydrogen-bond acceptors (Lipinski definition) is 10. The van der Waals surface area contributed by atoms with Gasteiger partial charge in [-0.2, -0.15) is 0 Å². The van der Waals surface area contributed by atoms with Gasteiger partial charge in [-0.05, 0) is 38.8 Å². The molecule has 1 aliphatic heterocycles. The lowest BCUT2D eigenvalue weighted by Gasteiger charge is -2.43. The topological polar surface area (TPSA) is 247 Å². The Morgan fingerprint density at radius 1 is 1.05 bits per heavy atom. The highest BCUT2D eigenvalue weighted by Crippen LogP contribution is 2.24. The van der Waals surface area contributed by atoms with E-state index in [1.54, 1.807) is 32.0 Å². The summed E-state index contributed by atoms with van der Waals surface area (Å²) in [6, 6.07) is 4.72. The molecular formula is C27H40N4O11. The van der Waals surface area contributed by atoms with Crippen molar-refractivity contribution in [2.75, 3.05) is 6.61 Å². The van der Waals surface area contributed by atoms with E-state index in [0.29, 0.717) is 0 Å². The predicted molar refractivity (Wildman–Crippen MR) is 145 cm³/mol. The van der Waals surface area contributed by atoms with Gasteiger partial charge in [0, 0.05) is 18.0 Å². The van der Waals surface area contributed by atoms with Gasteiger partial charge in [0.1, 0.15) is 36.5 Å². The van der Waals surface area contributed by atoms with Crippen LogP contribution in [0.5, 0.6) is 0 Å². The second kappa shape index (κ2) is 16.1. The van der Waals surface area contributed by atoms with Gasteiger partial charge >= 0.3 is 5.97 Å². The third-order valence-corrected chi connectivity index (χ3v) is 6.99. The Labute approximate surface area is 242 Å². The first-order valence-electron chi connectivity index (χ1n) is 13.6. The number of nitrogens with two attached hydrogens (primary N) is 1. The molecule has 0 saturated carbocycles. The summed E-state index contributed by atoms with van der Waals surface area (Å²) in [5, 5.41) is 47.4. The lowest BCUT2D eigenvalue weighted by atomic mass is 9.95. The molecule has 42 heavy (non-hydrogen) atoms. The molecular weight excluding hydrogens is 556 g/mol. The maximum atomic E-state index is 13.0. The molecule has 0 bridgehead atoms. The summed E-state index contributed by atoms with van der Waals surface area (Å²) >= 11 is 0. The van der Waals surface area contributed by atoms with Crippen LogP contribution in [0.2, 0.25) is 0 Å². The van der Waals surface area contributed by atoms with E-state index in [1.165, 1.54) is 19.1 Å². The third kappa shape index (κ3) is 9.46. The number of aliphatic hydroxyl groups is 3. The molecule has 1 heterocycles. The third-order valence-electron chi connectivity index (χ3n) is 6.99. The molecule has 0 spiro atoms. The van der Waals surface area contributed by atoms with E-state index < -0.39 is 91.0 Å². The molecule has 15 heteroatoms. The van der Waals surface area contributed by atoms with Gasteiger partial charge in [-0.3, -0.25) is 24.0 Å². The minimum Gasteiger partial charge on any atom is -0.481 e. The number of carbonyl (C=O) groups is 5. The van der Waals surface area contributed by atoms with E-state index >= 15 is 0 Å². The fourth-order valence-electron chi connectivity index (χ4n) is 4.56. The molecule has 1 saturated heterocycles. The summed E-state index contributed by atoms with van der Waals surface area (Å²) in [6.07, 6.45) is -7.51. The number of amides is 4. The minimum absolute atomic E-state index is 0.200. The number of aliphatic hydroxyl groups excluding tert-OH is 3. The van der Waals surface area contributed by atoms with E-state index in [-0.39, 0.29) is 24.8 Å². The van der Waals surface area contributed by atoms with Crippen molar-refractivity contribution in [3.05, 3.63) is 35.9 Å². The van der Waals surface area contributed by atoms with Gasteiger partial charge in [-0.15, -0.1) is 0 Å². The first-order valence-corrected chi connectivity index (χ1v) is 13.6. The van der Waals surface area contributed by atoms with Crippen molar-refractivity contribution in [2.24, 2.45) is 11.7 Å². The molecule has 234 valence electrons. The lowest BCUT2D eigenvalue weighted by molar-refractivity contribution is -0.265. The molecule has 9 N–H and O–H groups in total. The van der Waals surface area contributed by atoms with Gasteiger partial charge in [-0.25, -0.2) is 0 Å². The van der Waals surface area contributed by atoms with E-state index in [2.05, 4.69) is 16.0 Å². The molecule has 1 aliphatic rings. The molecule has 1 fully saturated rings. The van der Waals surface area contributed by atoms with Gasteiger partial charge in [0.2, 0.25) is 17.7 Å². The van der Waals surface area contributed by atoms with Crippen molar-refractivity contribution in [1.82, 2.24) is 16.0 Å². The van der Waals surface area contributed by atoms with Crippen LogP contribution in [0.4, 0.5) is 0 Å². The fourth-order valence-corrected chi connectivity index (χ4v) is 4.56. The normalized spacial score (nSPS) is 24.9. The first-order chi connectivity index (χ1) is 19.8. The van der Waals surface area contributed by atoms with E-state index in [4.69, 9.17) is 20.3 Å². The monoisotopic (exact) mass is 596 g/mol. The quantitative estimate of drug-likeness (QED) is 0.110. The van der Waals surface area contributed by atoms with Crippen molar-refractivity contribution >= 4 is 29.6 Å². The van der Waals surface area contributed by atoms with Gasteiger partial charge in [0.15, 0.2) is 6.29 Å². The van der Waals surface area contributed by atoms with Crippen molar-refractivity contribution < 1.29 is 53.9 Å². The zero-order valence-corrected chi connectivity index (χ0v) is 23.6. The summed E-state index contributed by atoms with van der Waals surface area (Å²) in [4.78, 5) is 61.2. The summed E-state index contributed by atoms with van der Waals surface area (Å²) in [5.74, 6) is -4.82. The number of benzene rings is 1. The number of carboxylic acids is 1. The molecule has 2 rings (SSSR count). The van der Waals surface area contributed by atoms with E-state index in [0.717, 1.165) is 0 Å². The van der Waals surface area contributed by atoms with E-state index in [1.807, 2.05) is 0 Å². The van der Waals surface area contributed by atoms with Crippen molar-refractivity contribution in [1.29, 1.82) is 0 Å². The Bertz CT molecular complexity index is 1090. The van der Waals surface area contributed by atoms with Crippen molar-refractivity contribution in [2.45, 2.75) is 88.9 Å². The SMILES string of the molecule is CCC(C(=O)NC(CCC(=O)O)C(N)=O)C(C)NC(=O)C(C)O[C@H]1[C@H](O)[C@@H](CO)O[C@@H](O)[C@@H]1NC(=O)c1ccccc1. The predicted octanol–water partition coefficient (Wildman–Crippen LogP) is -2.01. The Morgan fingerprint density at radius 3 is 2.24 bits per heavy atom. The Morgan fingerprint density at radius 2 is 1.69 bits per heavy atom. The highest BCUT2D eigenvalue weighted by Gasteiger charge is 2.47. The summed E-state index contributed by atoms with van der Waals surface area (Å²) in [7, 11) is 0. The molecule has 9 atom stereocenters. The van der Waals surface area contributed by atoms with Crippen molar-refractivity contribution in [3.8, 4) is 0 Å². The average molecular weight is 597 g/mol. The Hall–Kier alpha value is -3.63. The van der Waals surface area contributed by atoms with Crippen LogP contribution in [-0.2, 0) is 28.7 Å².